The summed E-state index contributed by atoms with van der Waals surface area (Å²) in [6, 6.07) is 10.3. The van der Waals surface area contributed by atoms with Crippen LogP contribution >= 0.6 is 0 Å². The number of hydrogen-bond acceptors (Lipinski definition) is 5. The van der Waals surface area contributed by atoms with Crippen molar-refractivity contribution in [1.82, 2.24) is 0 Å². The SMILES string of the molecule is O=C(OCCc1ccc(O)cc1)c1ccc(O)cc1O. The van der Waals surface area contributed by atoms with Gasteiger partial charge in [-0.1, -0.05) is 12.1 Å². The van der Waals surface area contributed by atoms with E-state index < -0.39 is 5.97 Å². The summed E-state index contributed by atoms with van der Waals surface area (Å²) in [5.41, 5.74) is 0.930. The van der Waals surface area contributed by atoms with E-state index in [4.69, 9.17) is 14.9 Å². The van der Waals surface area contributed by atoms with Crippen molar-refractivity contribution in [2.45, 2.75) is 6.42 Å². The number of ether oxygens (including phenoxy) is 1. The highest BCUT2D eigenvalue weighted by Gasteiger charge is 2.12. The number of phenolic OH excluding ortho intramolecular Hbond substituents is 3. The van der Waals surface area contributed by atoms with Gasteiger partial charge in [0.2, 0.25) is 0 Å². The first kappa shape index (κ1) is 13.7. The number of phenols is 3. The lowest BCUT2D eigenvalue weighted by Gasteiger charge is -2.07. The van der Waals surface area contributed by atoms with Crippen molar-refractivity contribution in [1.29, 1.82) is 0 Å². The fourth-order valence-corrected chi connectivity index (χ4v) is 1.69. The molecular formula is C15H14O5. The lowest BCUT2D eigenvalue weighted by Crippen LogP contribution is -2.08. The summed E-state index contributed by atoms with van der Waals surface area (Å²) < 4.78 is 5.04. The first-order valence-corrected chi connectivity index (χ1v) is 6.03. The van der Waals surface area contributed by atoms with Gasteiger partial charge in [-0.15, -0.1) is 0 Å². The van der Waals surface area contributed by atoms with Crippen molar-refractivity contribution in [3.05, 3.63) is 53.6 Å². The highest BCUT2D eigenvalue weighted by Crippen LogP contribution is 2.23. The molecule has 0 unspecified atom stereocenters. The summed E-state index contributed by atoms with van der Waals surface area (Å²) in [6.07, 6.45) is 0.505. The van der Waals surface area contributed by atoms with Crippen molar-refractivity contribution in [2.75, 3.05) is 6.61 Å². The lowest BCUT2D eigenvalue weighted by atomic mass is 10.1. The highest BCUT2D eigenvalue weighted by atomic mass is 16.5. The normalized spacial score (nSPS) is 10.2. The number of hydrogen-bond donors (Lipinski definition) is 3. The topological polar surface area (TPSA) is 87.0 Å². The Bertz CT molecular complexity index is 604. The molecule has 2 aromatic carbocycles. The molecule has 0 aliphatic heterocycles. The molecule has 0 aliphatic carbocycles. The number of esters is 1. The van der Waals surface area contributed by atoms with Crippen molar-refractivity contribution in [2.24, 2.45) is 0 Å². The van der Waals surface area contributed by atoms with Crippen LogP contribution in [0.3, 0.4) is 0 Å². The molecule has 2 aromatic rings. The molecule has 0 fully saturated rings. The second-order valence-corrected chi connectivity index (χ2v) is 4.25. The third kappa shape index (κ3) is 3.41. The minimum absolute atomic E-state index is 0.00788. The number of carbonyl (C=O) groups excluding carboxylic acids is 1. The minimum atomic E-state index is -0.652. The maximum absolute atomic E-state index is 11.7. The Kier molecular flexibility index (Phi) is 4.10. The minimum Gasteiger partial charge on any atom is -0.508 e. The van der Waals surface area contributed by atoms with Gasteiger partial charge in [-0.3, -0.25) is 0 Å². The number of rotatable bonds is 4. The number of benzene rings is 2. The summed E-state index contributed by atoms with van der Waals surface area (Å²) >= 11 is 0. The summed E-state index contributed by atoms with van der Waals surface area (Å²) in [5.74, 6) is -0.913. The van der Waals surface area contributed by atoms with Gasteiger partial charge in [0.1, 0.15) is 22.8 Å². The predicted molar refractivity (Wildman–Crippen MR) is 71.9 cm³/mol. The van der Waals surface area contributed by atoms with E-state index in [1.165, 1.54) is 12.1 Å². The van der Waals surface area contributed by atoms with Gasteiger partial charge < -0.3 is 20.1 Å². The number of aromatic hydroxyl groups is 3. The first-order valence-electron chi connectivity index (χ1n) is 6.03. The van der Waals surface area contributed by atoms with Crippen LogP contribution in [0.1, 0.15) is 15.9 Å². The molecular weight excluding hydrogens is 260 g/mol. The maximum Gasteiger partial charge on any atom is 0.341 e. The molecule has 5 heteroatoms. The van der Waals surface area contributed by atoms with Crippen LogP contribution in [0.5, 0.6) is 17.2 Å². The molecule has 0 atom stereocenters. The third-order valence-electron chi connectivity index (χ3n) is 2.76. The van der Waals surface area contributed by atoms with Gasteiger partial charge in [0.15, 0.2) is 0 Å². The Hall–Kier alpha value is -2.69. The van der Waals surface area contributed by atoms with Crippen molar-refractivity contribution < 1.29 is 24.9 Å². The Morgan fingerprint density at radius 1 is 0.950 bits per heavy atom. The quantitative estimate of drug-likeness (QED) is 0.744. The van der Waals surface area contributed by atoms with Gasteiger partial charge in [-0.25, -0.2) is 4.79 Å². The van der Waals surface area contributed by atoms with Crippen LogP contribution in [-0.4, -0.2) is 27.9 Å². The molecule has 0 aliphatic rings. The van der Waals surface area contributed by atoms with Crippen LogP contribution < -0.4 is 0 Å². The number of carbonyl (C=O) groups is 1. The van der Waals surface area contributed by atoms with Crippen LogP contribution in [0.4, 0.5) is 0 Å². The molecule has 5 nitrogen and oxygen atoms in total. The van der Waals surface area contributed by atoms with Gasteiger partial charge in [0.25, 0.3) is 0 Å². The smallest absolute Gasteiger partial charge is 0.341 e. The molecule has 2 rings (SSSR count). The van der Waals surface area contributed by atoms with E-state index in [9.17, 15) is 9.90 Å². The van der Waals surface area contributed by atoms with E-state index in [2.05, 4.69) is 0 Å². The first-order chi connectivity index (χ1) is 9.56. The fourth-order valence-electron chi connectivity index (χ4n) is 1.69. The van der Waals surface area contributed by atoms with E-state index in [-0.39, 0.29) is 29.4 Å². The summed E-state index contributed by atoms with van der Waals surface area (Å²) in [5, 5.41) is 27.8. The Labute approximate surface area is 115 Å². The Morgan fingerprint density at radius 3 is 2.25 bits per heavy atom. The van der Waals surface area contributed by atoms with Gasteiger partial charge in [-0.2, -0.15) is 0 Å². The summed E-state index contributed by atoms with van der Waals surface area (Å²) in [6.45, 7) is 0.157. The molecule has 104 valence electrons. The van der Waals surface area contributed by atoms with E-state index in [1.807, 2.05) is 0 Å². The molecule has 0 spiro atoms. The van der Waals surface area contributed by atoms with Gasteiger partial charge in [-0.05, 0) is 29.8 Å². The third-order valence-corrected chi connectivity index (χ3v) is 2.76. The molecule has 0 saturated carbocycles. The molecule has 0 bridgehead atoms. The Balaban J connectivity index is 1.90. The molecule has 0 radical (unpaired) electrons. The second-order valence-electron chi connectivity index (χ2n) is 4.25. The average Bonchev–Trinajstić information content (AvgIpc) is 2.41. The second kappa shape index (κ2) is 5.97. The lowest BCUT2D eigenvalue weighted by molar-refractivity contribution is 0.0506. The zero-order valence-electron chi connectivity index (χ0n) is 10.6. The average molecular weight is 274 g/mol. The molecule has 0 saturated heterocycles. The monoisotopic (exact) mass is 274 g/mol. The molecule has 0 amide bonds. The van der Waals surface area contributed by atoms with E-state index >= 15 is 0 Å². The standard InChI is InChI=1S/C15H14O5/c16-11-3-1-10(2-4-11)7-8-20-15(19)13-6-5-12(17)9-14(13)18/h1-6,9,16-18H,7-8H2. The van der Waals surface area contributed by atoms with E-state index in [0.29, 0.717) is 6.42 Å². The Morgan fingerprint density at radius 2 is 1.60 bits per heavy atom. The largest absolute Gasteiger partial charge is 0.508 e. The highest BCUT2D eigenvalue weighted by molar-refractivity contribution is 5.92. The zero-order chi connectivity index (χ0) is 14.5. The van der Waals surface area contributed by atoms with Crippen LogP contribution in [0.25, 0.3) is 0 Å². The van der Waals surface area contributed by atoms with Crippen LogP contribution in [0.2, 0.25) is 0 Å². The molecule has 3 N–H and O–H groups in total. The summed E-state index contributed by atoms with van der Waals surface area (Å²) in [7, 11) is 0. The van der Waals surface area contributed by atoms with Crippen LogP contribution in [0, 0.1) is 0 Å². The zero-order valence-corrected chi connectivity index (χ0v) is 10.6. The van der Waals surface area contributed by atoms with E-state index in [1.54, 1.807) is 24.3 Å². The van der Waals surface area contributed by atoms with Crippen molar-refractivity contribution in [3.63, 3.8) is 0 Å². The van der Waals surface area contributed by atoms with Gasteiger partial charge in [0, 0.05) is 12.5 Å². The fraction of sp³-hybridized carbons (Fsp3) is 0.133. The van der Waals surface area contributed by atoms with Gasteiger partial charge >= 0.3 is 5.97 Å². The van der Waals surface area contributed by atoms with Crippen molar-refractivity contribution >= 4 is 5.97 Å². The summed E-state index contributed by atoms with van der Waals surface area (Å²) in [4.78, 5) is 11.7. The van der Waals surface area contributed by atoms with Crippen LogP contribution in [0.15, 0.2) is 42.5 Å². The van der Waals surface area contributed by atoms with Crippen molar-refractivity contribution in [3.8, 4) is 17.2 Å². The maximum atomic E-state index is 11.7. The predicted octanol–water partition coefficient (Wildman–Crippen LogP) is 2.20. The van der Waals surface area contributed by atoms with Crippen LogP contribution in [-0.2, 0) is 11.2 Å². The molecule has 0 heterocycles. The molecule has 0 aromatic heterocycles. The van der Waals surface area contributed by atoms with E-state index in [0.717, 1.165) is 11.6 Å². The van der Waals surface area contributed by atoms with Gasteiger partial charge in [0.05, 0.1) is 6.61 Å². The molecule has 20 heavy (non-hydrogen) atoms.